The zero-order valence-corrected chi connectivity index (χ0v) is 15.8. The molecule has 3 rings (SSSR count). The maximum atomic E-state index is 12.7. The van der Waals surface area contributed by atoms with E-state index >= 15 is 0 Å². The van der Waals surface area contributed by atoms with E-state index in [0.717, 1.165) is 19.6 Å². The number of methoxy groups -OCH3 is 1. The summed E-state index contributed by atoms with van der Waals surface area (Å²) in [4.78, 5) is 31.5. The van der Waals surface area contributed by atoms with E-state index in [4.69, 9.17) is 4.74 Å². The van der Waals surface area contributed by atoms with Crippen molar-refractivity contribution >= 4 is 11.8 Å². The van der Waals surface area contributed by atoms with Crippen molar-refractivity contribution in [2.45, 2.75) is 19.8 Å². The molecule has 0 aromatic heterocycles. The Morgan fingerprint density at radius 1 is 1.04 bits per heavy atom. The molecule has 0 saturated carbocycles. The minimum absolute atomic E-state index is 0.00103. The lowest BCUT2D eigenvalue weighted by Crippen LogP contribution is -2.52. The Bertz CT molecular complexity index is 635. The second-order valence-electron chi connectivity index (χ2n) is 7.26. The van der Waals surface area contributed by atoms with E-state index in [-0.39, 0.29) is 17.7 Å². The highest BCUT2D eigenvalue weighted by atomic mass is 16.5. The normalized spacial score (nSPS) is 19.5. The van der Waals surface area contributed by atoms with Crippen molar-refractivity contribution in [3.63, 3.8) is 0 Å². The molecule has 0 aliphatic carbocycles. The molecule has 1 atom stereocenters. The predicted octanol–water partition coefficient (Wildman–Crippen LogP) is 1.71. The molecule has 2 aliphatic rings. The Kier molecular flexibility index (Phi) is 6.14. The Morgan fingerprint density at radius 2 is 1.69 bits per heavy atom. The molecule has 2 amide bonds. The van der Waals surface area contributed by atoms with E-state index in [0.29, 0.717) is 37.5 Å². The average Bonchev–Trinajstić information content (AvgIpc) is 3.20. The number of ether oxygens (including phenoxy) is 1. The van der Waals surface area contributed by atoms with Crippen LogP contribution in [0, 0.1) is 5.92 Å². The summed E-state index contributed by atoms with van der Waals surface area (Å²) in [5.74, 6) is 0.917. The minimum atomic E-state index is 0.00103. The lowest BCUT2D eigenvalue weighted by Gasteiger charge is -2.36. The monoisotopic (exact) mass is 359 g/mol. The molecule has 0 bridgehead atoms. The molecule has 1 aromatic rings. The van der Waals surface area contributed by atoms with Crippen LogP contribution in [0.15, 0.2) is 24.3 Å². The first-order valence-electron chi connectivity index (χ1n) is 9.53. The van der Waals surface area contributed by atoms with Crippen LogP contribution >= 0.6 is 0 Å². The van der Waals surface area contributed by atoms with Crippen LogP contribution in [-0.2, 0) is 4.79 Å². The number of hydrogen-bond donors (Lipinski definition) is 0. The molecule has 2 fully saturated rings. The Balaban J connectivity index is 1.51. The first kappa shape index (κ1) is 18.7. The van der Waals surface area contributed by atoms with Crippen LogP contribution in [0.3, 0.4) is 0 Å². The molecule has 2 saturated heterocycles. The lowest BCUT2D eigenvalue weighted by molar-refractivity contribution is -0.137. The largest absolute Gasteiger partial charge is 0.497 e. The second kappa shape index (κ2) is 8.54. The van der Waals surface area contributed by atoms with Crippen LogP contribution in [0.25, 0.3) is 0 Å². The van der Waals surface area contributed by atoms with E-state index in [1.165, 1.54) is 12.8 Å². The average molecular weight is 359 g/mol. The Morgan fingerprint density at radius 3 is 2.35 bits per heavy atom. The molecule has 0 N–H and O–H groups in total. The van der Waals surface area contributed by atoms with Crippen molar-refractivity contribution < 1.29 is 14.3 Å². The summed E-state index contributed by atoms with van der Waals surface area (Å²) in [5.41, 5.74) is 0.631. The van der Waals surface area contributed by atoms with Gasteiger partial charge in [0.25, 0.3) is 5.91 Å². The van der Waals surface area contributed by atoms with Gasteiger partial charge < -0.3 is 19.4 Å². The van der Waals surface area contributed by atoms with E-state index in [1.807, 2.05) is 28.9 Å². The maximum Gasteiger partial charge on any atom is 0.254 e. The van der Waals surface area contributed by atoms with E-state index in [2.05, 4.69) is 4.90 Å². The first-order chi connectivity index (χ1) is 12.6. The summed E-state index contributed by atoms with van der Waals surface area (Å²) in [6.45, 7) is 7.48. The molecule has 0 radical (unpaired) electrons. The maximum absolute atomic E-state index is 12.7. The molecule has 1 unspecified atom stereocenters. The summed E-state index contributed by atoms with van der Waals surface area (Å²) >= 11 is 0. The van der Waals surface area contributed by atoms with Gasteiger partial charge in [0, 0.05) is 44.2 Å². The van der Waals surface area contributed by atoms with Gasteiger partial charge in [-0.15, -0.1) is 0 Å². The molecule has 2 aliphatic heterocycles. The van der Waals surface area contributed by atoms with Gasteiger partial charge in [0.15, 0.2) is 0 Å². The SMILES string of the molecule is COc1cccc(C(=O)N2CCN(C(=O)C(C)CN3CCCC3)CC2)c1. The molecule has 0 spiro atoms. The van der Waals surface area contributed by atoms with Gasteiger partial charge in [0.05, 0.1) is 7.11 Å². The third kappa shape index (κ3) is 4.36. The van der Waals surface area contributed by atoms with Crippen molar-refractivity contribution in [2.75, 3.05) is 52.9 Å². The van der Waals surface area contributed by atoms with Crippen LogP contribution in [0.2, 0.25) is 0 Å². The molecular weight excluding hydrogens is 330 g/mol. The fraction of sp³-hybridized carbons (Fsp3) is 0.600. The van der Waals surface area contributed by atoms with Crippen LogP contribution < -0.4 is 4.74 Å². The van der Waals surface area contributed by atoms with Crippen molar-refractivity contribution in [3.05, 3.63) is 29.8 Å². The lowest BCUT2D eigenvalue weighted by atomic mass is 10.1. The fourth-order valence-corrected chi connectivity index (χ4v) is 3.81. The number of amides is 2. The summed E-state index contributed by atoms with van der Waals surface area (Å²) in [6, 6.07) is 7.22. The third-order valence-corrected chi connectivity index (χ3v) is 5.35. The van der Waals surface area contributed by atoms with E-state index < -0.39 is 0 Å². The molecule has 2 heterocycles. The zero-order valence-electron chi connectivity index (χ0n) is 15.8. The molecule has 6 nitrogen and oxygen atoms in total. The van der Waals surface area contributed by atoms with Crippen molar-refractivity contribution in [3.8, 4) is 5.75 Å². The highest BCUT2D eigenvalue weighted by Gasteiger charge is 2.28. The van der Waals surface area contributed by atoms with Gasteiger partial charge in [-0.1, -0.05) is 13.0 Å². The molecule has 6 heteroatoms. The summed E-state index contributed by atoms with van der Waals surface area (Å²) in [5, 5.41) is 0. The summed E-state index contributed by atoms with van der Waals surface area (Å²) < 4.78 is 5.19. The number of nitrogens with zero attached hydrogens (tertiary/aromatic N) is 3. The summed E-state index contributed by atoms with van der Waals surface area (Å²) in [7, 11) is 1.59. The van der Waals surface area contributed by atoms with Gasteiger partial charge in [-0.05, 0) is 44.1 Å². The highest BCUT2D eigenvalue weighted by Crippen LogP contribution is 2.17. The van der Waals surface area contributed by atoms with Gasteiger partial charge >= 0.3 is 0 Å². The van der Waals surface area contributed by atoms with Gasteiger partial charge in [-0.3, -0.25) is 9.59 Å². The van der Waals surface area contributed by atoms with Crippen LogP contribution in [0.4, 0.5) is 0 Å². The van der Waals surface area contributed by atoms with Crippen molar-refractivity contribution in [1.29, 1.82) is 0 Å². The number of carbonyl (C=O) groups excluding carboxylic acids is 2. The van der Waals surface area contributed by atoms with Crippen LogP contribution in [0.1, 0.15) is 30.1 Å². The van der Waals surface area contributed by atoms with Gasteiger partial charge in [-0.25, -0.2) is 0 Å². The fourth-order valence-electron chi connectivity index (χ4n) is 3.81. The highest BCUT2D eigenvalue weighted by molar-refractivity contribution is 5.94. The standard InChI is InChI=1S/C20H29N3O3/c1-16(15-21-8-3-4-9-21)19(24)22-10-12-23(13-11-22)20(25)17-6-5-7-18(14-17)26-2/h5-7,14,16H,3-4,8-13,15H2,1-2H3. The van der Waals surface area contributed by atoms with Crippen LogP contribution in [0.5, 0.6) is 5.75 Å². The van der Waals surface area contributed by atoms with Crippen molar-refractivity contribution in [2.24, 2.45) is 5.92 Å². The van der Waals surface area contributed by atoms with E-state index in [9.17, 15) is 9.59 Å². The van der Waals surface area contributed by atoms with Gasteiger partial charge in [0.1, 0.15) is 5.75 Å². The van der Waals surface area contributed by atoms with Crippen LogP contribution in [-0.4, -0.2) is 79.4 Å². The predicted molar refractivity (Wildman–Crippen MR) is 100 cm³/mol. The number of benzene rings is 1. The van der Waals surface area contributed by atoms with E-state index in [1.54, 1.807) is 19.2 Å². The molecule has 26 heavy (non-hydrogen) atoms. The third-order valence-electron chi connectivity index (χ3n) is 5.35. The topological polar surface area (TPSA) is 53.1 Å². The Labute approximate surface area is 155 Å². The number of piperazine rings is 1. The number of rotatable bonds is 5. The van der Waals surface area contributed by atoms with Gasteiger partial charge in [0.2, 0.25) is 5.91 Å². The summed E-state index contributed by atoms with van der Waals surface area (Å²) in [6.07, 6.45) is 2.48. The second-order valence-corrected chi connectivity index (χ2v) is 7.26. The van der Waals surface area contributed by atoms with Gasteiger partial charge in [-0.2, -0.15) is 0 Å². The van der Waals surface area contributed by atoms with Crippen molar-refractivity contribution in [1.82, 2.24) is 14.7 Å². The quantitative estimate of drug-likeness (QED) is 0.803. The number of carbonyl (C=O) groups is 2. The smallest absolute Gasteiger partial charge is 0.254 e. The number of likely N-dealkylation sites (tertiary alicyclic amines) is 1. The number of hydrogen-bond acceptors (Lipinski definition) is 4. The zero-order chi connectivity index (χ0) is 18.5. The Hall–Kier alpha value is -2.08. The first-order valence-corrected chi connectivity index (χ1v) is 9.53. The molecule has 142 valence electrons. The molecular formula is C20H29N3O3. The minimum Gasteiger partial charge on any atom is -0.497 e. The molecule has 1 aromatic carbocycles.